The van der Waals surface area contributed by atoms with E-state index in [1.54, 1.807) is 19.5 Å². The highest BCUT2D eigenvalue weighted by Gasteiger charge is 2.24. The maximum absolute atomic E-state index is 12.3. The van der Waals surface area contributed by atoms with Gasteiger partial charge in [-0.2, -0.15) is 0 Å². The van der Waals surface area contributed by atoms with E-state index in [1.165, 1.54) is 6.42 Å². The van der Waals surface area contributed by atoms with Gasteiger partial charge in [0, 0.05) is 51.7 Å². The van der Waals surface area contributed by atoms with Crippen LogP contribution >= 0.6 is 0 Å². The molecule has 7 nitrogen and oxygen atoms in total. The lowest BCUT2D eigenvalue weighted by molar-refractivity contribution is -0.133. The number of hydrogen-bond acceptors (Lipinski definition) is 6. The van der Waals surface area contributed by atoms with Crippen LogP contribution in [0.25, 0.3) is 0 Å². The first-order chi connectivity index (χ1) is 11.3. The first-order valence-electron chi connectivity index (χ1n) is 8.38. The van der Waals surface area contributed by atoms with Gasteiger partial charge in [-0.15, -0.1) is 0 Å². The highest BCUT2D eigenvalue weighted by molar-refractivity contribution is 5.78. The molecule has 1 aromatic rings. The van der Waals surface area contributed by atoms with Crippen molar-refractivity contribution in [1.29, 1.82) is 0 Å². The Hall–Kier alpha value is -1.89. The number of carbonyl (C=O) groups is 1. The van der Waals surface area contributed by atoms with Gasteiger partial charge in [0.1, 0.15) is 0 Å². The van der Waals surface area contributed by atoms with Crippen LogP contribution in [0.3, 0.4) is 0 Å². The predicted molar refractivity (Wildman–Crippen MR) is 87.7 cm³/mol. The fourth-order valence-electron chi connectivity index (χ4n) is 3.23. The largest absolute Gasteiger partial charge is 0.478 e. The monoisotopic (exact) mass is 319 g/mol. The van der Waals surface area contributed by atoms with Gasteiger partial charge in [-0.25, -0.2) is 9.97 Å². The number of aromatic nitrogens is 2. The third-order valence-electron chi connectivity index (χ3n) is 4.58. The summed E-state index contributed by atoms with van der Waals surface area (Å²) in [5.74, 6) is 1.62. The standard InChI is InChI=1S/C16H25N5O2/c1-23-16-15(17-5-6-18-16)21-11-9-19(10-12-21)13-14(22)20-7-3-2-4-8-20/h5-6H,2-4,7-13H2,1H3. The summed E-state index contributed by atoms with van der Waals surface area (Å²) in [5, 5.41) is 0. The number of likely N-dealkylation sites (tertiary alicyclic amines) is 1. The molecule has 0 aliphatic carbocycles. The van der Waals surface area contributed by atoms with Crippen molar-refractivity contribution in [3.63, 3.8) is 0 Å². The van der Waals surface area contributed by atoms with Gasteiger partial charge >= 0.3 is 0 Å². The molecule has 7 heteroatoms. The lowest BCUT2D eigenvalue weighted by Crippen LogP contribution is -2.51. The van der Waals surface area contributed by atoms with Crippen LogP contribution in [-0.4, -0.2) is 78.6 Å². The Morgan fingerprint density at radius 1 is 1.04 bits per heavy atom. The smallest absolute Gasteiger partial charge is 0.257 e. The summed E-state index contributed by atoms with van der Waals surface area (Å²) in [6, 6.07) is 0. The van der Waals surface area contributed by atoms with Gasteiger partial charge in [0.05, 0.1) is 13.7 Å². The van der Waals surface area contributed by atoms with E-state index in [9.17, 15) is 4.79 Å². The minimum absolute atomic E-state index is 0.273. The van der Waals surface area contributed by atoms with Crippen LogP contribution in [0, 0.1) is 0 Å². The summed E-state index contributed by atoms with van der Waals surface area (Å²) in [6.45, 7) is 5.78. The molecule has 0 aromatic carbocycles. The molecule has 0 radical (unpaired) electrons. The molecule has 2 fully saturated rings. The predicted octanol–water partition coefficient (Wildman–Crippen LogP) is 0.620. The highest BCUT2D eigenvalue weighted by Crippen LogP contribution is 2.23. The number of carbonyl (C=O) groups excluding carboxylic acids is 1. The summed E-state index contributed by atoms with van der Waals surface area (Å²) < 4.78 is 5.28. The molecule has 3 heterocycles. The Morgan fingerprint density at radius 3 is 2.43 bits per heavy atom. The normalized spacial score (nSPS) is 19.7. The van der Waals surface area contributed by atoms with E-state index >= 15 is 0 Å². The van der Waals surface area contributed by atoms with Gasteiger partial charge in [0.25, 0.3) is 5.88 Å². The SMILES string of the molecule is COc1nccnc1N1CCN(CC(=O)N2CCCCC2)CC1. The molecule has 0 atom stereocenters. The number of piperidine rings is 1. The Labute approximate surface area is 137 Å². The van der Waals surface area contributed by atoms with E-state index in [2.05, 4.69) is 19.8 Å². The molecule has 0 N–H and O–H groups in total. The topological polar surface area (TPSA) is 61.8 Å². The summed E-state index contributed by atoms with van der Waals surface area (Å²) in [5.41, 5.74) is 0. The van der Waals surface area contributed by atoms with Gasteiger partial charge in [0.2, 0.25) is 5.91 Å². The molecule has 0 spiro atoms. The molecular formula is C16H25N5O2. The third-order valence-corrected chi connectivity index (χ3v) is 4.58. The first-order valence-corrected chi connectivity index (χ1v) is 8.38. The molecule has 2 aliphatic rings. The maximum Gasteiger partial charge on any atom is 0.257 e. The molecule has 23 heavy (non-hydrogen) atoms. The van der Waals surface area contributed by atoms with Crippen molar-refractivity contribution in [2.45, 2.75) is 19.3 Å². The van der Waals surface area contributed by atoms with Crippen LogP contribution in [0.4, 0.5) is 5.82 Å². The molecule has 2 saturated heterocycles. The Bertz CT molecular complexity index is 525. The molecular weight excluding hydrogens is 294 g/mol. The van der Waals surface area contributed by atoms with Gasteiger partial charge < -0.3 is 14.5 Å². The maximum atomic E-state index is 12.3. The van der Waals surface area contributed by atoms with E-state index in [1.807, 2.05) is 4.90 Å². The zero-order valence-electron chi connectivity index (χ0n) is 13.8. The van der Waals surface area contributed by atoms with Crippen molar-refractivity contribution in [3.05, 3.63) is 12.4 Å². The third kappa shape index (κ3) is 3.90. The van der Waals surface area contributed by atoms with E-state index in [0.717, 1.165) is 57.9 Å². The van der Waals surface area contributed by atoms with E-state index in [-0.39, 0.29) is 5.91 Å². The Balaban J connectivity index is 1.51. The van der Waals surface area contributed by atoms with Crippen LogP contribution < -0.4 is 9.64 Å². The second-order valence-electron chi connectivity index (χ2n) is 6.09. The number of piperazine rings is 1. The molecule has 1 aromatic heterocycles. The van der Waals surface area contributed by atoms with Gasteiger partial charge in [-0.05, 0) is 19.3 Å². The van der Waals surface area contributed by atoms with Crippen molar-refractivity contribution in [3.8, 4) is 5.88 Å². The molecule has 3 rings (SSSR count). The summed E-state index contributed by atoms with van der Waals surface area (Å²) >= 11 is 0. The minimum atomic E-state index is 0.273. The van der Waals surface area contributed by atoms with Crippen LogP contribution in [0.1, 0.15) is 19.3 Å². The quantitative estimate of drug-likeness (QED) is 0.811. The zero-order valence-corrected chi connectivity index (χ0v) is 13.8. The van der Waals surface area contributed by atoms with Crippen LogP contribution in [-0.2, 0) is 4.79 Å². The number of anilines is 1. The Morgan fingerprint density at radius 2 is 1.74 bits per heavy atom. The van der Waals surface area contributed by atoms with Gasteiger partial charge in [-0.3, -0.25) is 9.69 Å². The zero-order chi connectivity index (χ0) is 16.1. The highest BCUT2D eigenvalue weighted by atomic mass is 16.5. The average molecular weight is 319 g/mol. The molecule has 0 bridgehead atoms. The lowest BCUT2D eigenvalue weighted by atomic mass is 10.1. The number of ether oxygens (including phenoxy) is 1. The number of methoxy groups -OCH3 is 1. The fourth-order valence-corrected chi connectivity index (χ4v) is 3.23. The summed E-state index contributed by atoms with van der Waals surface area (Å²) in [7, 11) is 1.61. The molecule has 2 aliphatic heterocycles. The van der Waals surface area contributed by atoms with Gasteiger partial charge in [-0.1, -0.05) is 0 Å². The van der Waals surface area contributed by atoms with Gasteiger partial charge in [0.15, 0.2) is 5.82 Å². The van der Waals surface area contributed by atoms with Crippen molar-refractivity contribution < 1.29 is 9.53 Å². The average Bonchev–Trinajstić information content (AvgIpc) is 2.63. The fraction of sp³-hybridized carbons (Fsp3) is 0.688. The van der Waals surface area contributed by atoms with Crippen molar-refractivity contribution in [2.75, 3.05) is 57.8 Å². The summed E-state index contributed by atoms with van der Waals surface area (Å²) in [6.07, 6.45) is 6.86. The molecule has 1 amide bonds. The minimum Gasteiger partial charge on any atom is -0.478 e. The van der Waals surface area contributed by atoms with Crippen LogP contribution in [0.2, 0.25) is 0 Å². The van der Waals surface area contributed by atoms with Crippen LogP contribution in [0.5, 0.6) is 5.88 Å². The second-order valence-corrected chi connectivity index (χ2v) is 6.09. The molecule has 126 valence electrons. The van der Waals surface area contributed by atoms with Crippen LogP contribution in [0.15, 0.2) is 12.4 Å². The first kappa shape index (κ1) is 16.0. The van der Waals surface area contributed by atoms with Crippen molar-refractivity contribution >= 4 is 11.7 Å². The Kier molecular flexibility index (Phi) is 5.27. The number of nitrogens with zero attached hydrogens (tertiary/aromatic N) is 5. The van der Waals surface area contributed by atoms with Crippen molar-refractivity contribution in [1.82, 2.24) is 19.8 Å². The molecule has 0 saturated carbocycles. The van der Waals surface area contributed by atoms with E-state index in [4.69, 9.17) is 4.74 Å². The number of rotatable bonds is 4. The van der Waals surface area contributed by atoms with E-state index in [0.29, 0.717) is 12.4 Å². The van der Waals surface area contributed by atoms with E-state index < -0.39 is 0 Å². The summed E-state index contributed by atoms with van der Waals surface area (Å²) in [4.78, 5) is 27.3. The number of hydrogen-bond donors (Lipinski definition) is 0. The molecule has 0 unspecified atom stereocenters. The number of amides is 1. The lowest BCUT2D eigenvalue weighted by Gasteiger charge is -2.36. The van der Waals surface area contributed by atoms with Crippen molar-refractivity contribution in [2.24, 2.45) is 0 Å². The second kappa shape index (κ2) is 7.59.